The normalized spacial score (nSPS) is 14.6. The Bertz CT molecular complexity index is 1060. The largest absolute Gasteiger partial charge is 0.489 e. The number of ether oxygens (including phenoxy) is 1. The number of nitrogens with one attached hydrogen (secondary N) is 1. The molecule has 1 N–H and O–H groups in total. The van der Waals surface area contributed by atoms with Gasteiger partial charge in [-0.1, -0.05) is 18.7 Å². The lowest BCUT2D eigenvalue weighted by Crippen LogP contribution is -2.46. The average molecular weight is 469 g/mol. The van der Waals surface area contributed by atoms with E-state index in [0.29, 0.717) is 11.3 Å². The van der Waals surface area contributed by atoms with E-state index in [2.05, 4.69) is 26.7 Å². The van der Waals surface area contributed by atoms with Crippen molar-refractivity contribution in [2.24, 2.45) is 0 Å². The fraction of sp³-hybridized carbons (Fsp3) is 0.269. The zero-order chi connectivity index (χ0) is 24.0. The van der Waals surface area contributed by atoms with Crippen molar-refractivity contribution in [3.05, 3.63) is 102 Å². The first kappa shape index (κ1) is 23.6. The van der Waals surface area contributed by atoms with E-state index in [9.17, 15) is 13.2 Å². The number of pyridine rings is 1. The molecule has 2 aromatic carbocycles. The van der Waals surface area contributed by atoms with E-state index in [-0.39, 0.29) is 6.61 Å². The first-order valence-corrected chi connectivity index (χ1v) is 11.1. The van der Waals surface area contributed by atoms with Gasteiger partial charge in [-0.25, -0.2) is 0 Å². The molecule has 0 bridgehead atoms. The Morgan fingerprint density at radius 3 is 2.15 bits per heavy atom. The summed E-state index contributed by atoms with van der Waals surface area (Å²) >= 11 is 0. The van der Waals surface area contributed by atoms with E-state index in [1.807, 2.05) is 48.8 Å². The van der Waals surface area contributed by atoms with Crippen molar-refractivity contribution in [1.82, 2.24) is 14.8 Å². The lowest BCUT2D eigenvalue weighted by molar-refractivity contribution is -0.137. The minimum Gasteiger partial charge on any atom is -0.489 e. The minimum absolute atomic E-state index is 0.196. The van der Waals surface area contributed by atoms with Gasteiger partial charge in [0, 0.05) is 50.8 Å². The molecule has 0 amide bonds. The third-order valence-corrected chi connectivity index (χ3v) is 5.74. The molecule has 0 spiro atoms. The predicted octanol–water partition coefficient (Wildman–Crippen LogP) is 5.38. The highest BCUT2D eigenvalue weighted by atomic mass is 19.4. The highest BCUT2D eigenvalue weighted by Crippen LogP contribution is 2.29. The molecule has 3 aromatic rings. The topological polar surface area (TPSA) is 40.6 Å². The first-order chi connectivity index (χ1) is 16.4. The van der Waals surface area contributed by atoms with Crippen LogP contribution in [0.1, 0.15) is 16.7 Å². The van der Waals surface area contributed by atoms with E-state index in [1.165, 1.54) is 17.7 Å². The fourth-order valence-corrected chi connectivity index (χ4v) is 3.76. The summed E-state index contributed by atoms with van der Waals surface area (Å²) in [6, 6.07) is 16.5. The molecule has 1 aliphatic rings. The Labute approximate surface area is 197 Å². The van der Waals surface area contributed by atoms with E-state index >= 15 is 0 Å². The van der Waals surface area contributed by atoms with Gasteiger partial charge in [-0.05, 0) is 59.7 Å². The summed E-state index contributed by atoms with van der Waals surface area (Å²) in [6.07, 6.45) is -0.690. The summed E-state index contributed by atoms with van der Waals surface area (Å²) in [5.74, 6) is 1.49. The van der Waals surface area contributed by atoms with Gasteiger partial charge < -0.3 is 15.0 Å². The van der Waals surface area contributed by atoms with Gasteiger partial charge >= 0.3 is 6.18 Å². The Hall–Kier alpha value is -3.52. The quantitative estimate of drug-likeness (QED) is 0.481. The van der Waals surface area contributed by atoms with Crippen LogP contribution in [-0.4, -0.2) is 41.0 Å². The Morgan fingerprint density at radius 2 is 1.53 bits per heavy atom. The Morgan fingerprint density at radius 1 is 0.882 bits per heavy atom. The molecule has 0 saturated carbocycles. The van der Waals surface area contributed by atoms with Crippen molar-refractivity contribution in [3.63, 3.8) is 0 Å². The van der Waals surface area contributed by atoms with Crippen LogP contribution in [-0.2, 0) is 19.3 Å². The van der Waals surface area contributed by atoms with Gasteiger partial charge in [0.25, 0.3) is 0 Å². The standard InChI is InChI=1S/C26H27F3N4O/c1-20(33-16-14-32(15-17-33)18-21-10-12-30-13-11-21)31-24-6-8-25(9-7-24)34-19-22-2-4-23(5-3-22)26(27,28)29/h2-13,31H,1,14-19H2. The third kappa shape index (κ3) is 6.51. The van der Waals surface area contributed by atoms with Crippen LogP contribution < -0.4 is 10.1 Å². The first-order valence-electron chi connectivity index (χ1n) is 11.1. The van der Waals surface area contributed by atoms with Gasteiger partial charge in [-0.3, -0.25) is 9.88 Å². The van der Waals surface area contributed by atoms with Crippen LogP contribution in [0.15, 0.2) is 85.5 Å². The highest BCUT2D eigenvalue weighted by molar-refractivity contribution is 5.50. The SMILES string of the molecule is C=C(Nc1ccc(OCc2ccc(C(F)(F)F)cc2)cc1)N1CCN(Cc2ccncc2)CC1. The third-order valence-electron chi connectivity index (χ3n) is 5.74. The number of piperazine rings is 1. The smallest absolute Gasteiger partial charge is 0.416 e. The van der Waals surface area contributed by atoms with Gasteiger partial charge in [-0.2, -0.15) is 13.2 Å². The second-order valence-electron chi connectivity index (χ2n) is 8.20. The van der Waals surface area contributed by atoms with E-state index < -0.39 is 11.7 Å². The monoisotopic (exact) mass is 468 g/mol. The number of benzene rings is 2. The van der Waals surface area contributed by atoms with Crippen molar-refractivity contribution in [2.45, 2.75) is 19.3 Å². The molecule has 1 aliphatic heterocycles. The lowest BCUT2D eigenvalue weighted by Gasteiger charge is -2.37. The van der Waals surface area contributed by atoms with Crippen molar-refractivity contribution < 1.29 is 17.9 Å². The van der Waals surface area contributed by atoms with Crippen molar-refractivity contribution in [1.29, 1.82) is 0 Å². The molecule has 1 fully saturated rings. The van der Waals surface area contributed by atoms with Crippen LogP contribution in [0.3, 0.4) is 0 Å². The molecule has 8 heteroatoms. The maximum Gasteiger partial charge on any atom is 0.416 e. The number of hydrogen-bond donors (Lipinski definition) is 1. The Balaban J connectivity index is 1.21. The second-order valence-corrected chi connectivity index (χ2v) is 8.20. The van der Waals surface area contributed by atoms with E-state index in [0.717, 1.165) is 56.4 Å². The molecular formula is C26H27F3N4O. The molecule has 34 heavy (non-hydrogen) atoms. The van der Waals surface area contributed by atoms with Gasteiger partial charge in [0.05, 0.1) is 11.4 Å². The molecular weight excluding hydrogens is 441 g/mol. The van der Waals surface area contributed by atoms with Gasteiger partial charge in [-0.15, -0.1) is 0 Å². The Kier molecular flexibility index (Phi) is 7.37. The number of alkyl halides is 3. The number of nitrogens with zero attached hydrogens (tertiary/aromatic N) is 3. The zero-order valence-corrected chi connectivity index (χ0v) is 18.8. The summed E-state index contributed by atoms with van der Waals surface area (Å²) in [5.41, 5.74) is 2.17. The molecule has 0 radical (unpaired) electrons. The van der Waals surface area contributed by atoms with Crippen LogP contribution in [0, 0.1) is 0 Å². The molecule has 5 nitrogen and oxygen atoms in total. The van der Waals surface area contributed by atoms with Gasteiger partial charge in [0.15, 0.2) is 0 Å². The number of hydrogen-bond acceptors (Lipinski definition) is 5. The summed E-state index contributed by atoms with van der Waals surface area (Å²) < 4.78 is 43.7. The molecule has 0 unspecified atom stereocenters. The molecule has 1 saturated heterocycles. The van der Waals surface area contributed by atoms with Crippen LogP contribution in [0.2, 0.25) is 0 Å². The predicted molar refractivity (Wildman–Crippen MR) is 126 cm³/mol. The van der Waals surface area contributed by atoms with Crippen molar-refractivity contribution >= 4 is 5.69 Å². The summed E-state index contributed by atoms with van der Waals surface area (Å²) in [5, 5.41) is 3.34. The molecule has 0 aliphatic carbocycles. The van der Waals surface area contributed by atoms with Crippen LogP contribution in [0.5, 0.6) is 5.75 Å². The molecule has 178 valence electrons. The van der Waals surface area contributed by atoms with E-state index in [1.54, 1.807) is 0 Å². The number of aromatic nitrogens is 1. The van der Waals surface area contributed by atoms with Gasteiger partial charge in [0.2, 0.25) is 0 Å². The van der Waals surface area contributed by atoms with E-state index in [4.69, 9.17) is 4.74 Å². The van der Waals surface area contributed by atoms with Crippen LogP contribution >= 0.6 is 0 Å². The van der Waals surface area contributed by atoms with Crippen molar-refractivity contribution in [3.8, 4) is 5.75 Å². The molecule has 1 aromatic heterocycles. The van der Waals surface area contributed by atoms with Crippen molar-refractivity contribution in [2.75, 3.05) is 31.5 Å². The summed E-state index contributed by atoms with van der Waals surface area (Å²) in [7, 11) is 0. The number of rotatable bonds is 8. The van der Waals surface area contributed by atoms with Gasteiger partial charge in [0.1, 0.15) is 12.4 Å². The minimum atomic E-state index is -4.33. The average Bonchev–Trinajstić information content (AvgIpc) is 2.84. The lowest BCUT2D eigenvalue weighted by atomic mass is 10.1. The maximum atomic E-state index is 12.7. The molecule has 0 atom stereocenters. The second kappa shape index (κ2) is 10.6. The highest BCUT2D eigenvalue weighted by Gasteiger charge is 2.29. The summed E-state index contributed by atoms with van der Waals surface area (Å²) in [6.45, 7) is 9.00. The number of halogens is 3. The van der Waals surface area contributed by atoms with Crippen LogP contribution in [0.25, 0.3) is 0 Å². The molecule has 2 heterocycles. The maximum absolute atomic E-state index is 12.7. The summed E-state index contributed by atoms with van der Waals surface area (Å²) in [4.78, 5) is 8.72. The zero-order valence-electron chi connectivity index (χ0n) is 18.8. The fourth-order valence-electron chi connectivity index (χ4n) is 3.76. The van der Waals surface area contributed by atoms with Crippen LogP contribution in [0.4, 0.5) is 18.9 Å². The molecule has 4 rings (SSSR count). The number of anilines is 1.